The maximum Gasteiger partial charge on any atom is 0.253 e. The summed E-state index contributed by atoms with van der Waals surface area (Å²) in [6, 6.07) is 8.72. The van der Waals surface area contributed by atoms with Crippen molar-refractivity contribution in [1.29, 1.82) is 5.26 Å². The van der Waals surface area contributed by atoms with Gasteiger partial charge in [-0.2, -0.15) is 5.26 Å². The maximum absolute atomic E-state index is 12.0. The Balaban J connectivity index is 2.42. The molecule has 0 fully saturated rings. The van der Waals surface area contributed by atoms with Crippen molar-refractivity contribution in [2.45, 2.75) is 38.9 Å². The summed E-state index contributed by atoms with van der Waals surface area (Å²) < 4.78 is 10.8. The van der Waals surface area contributed by atoms with Crippen molar-refractivity contribution in [2.75, 3.05) is 19.0 Å². The first-order valence-electron chi connectivity index (χ1n) is 6.86. The third kappa shape index (κ3) is 5.94. The number of methoxy groups -OCH3 is 1. The minimum absolute atomic E-state index is 0.213. The number of benzene rings is 1. The Morgan fingerprint density at radius 3 is 2.52 bits per heavy atom. The van der Waals surface area contributed by atoms with Crippen molar-refractivity contribution in [3.8, 4) is 6.07 Å². The topological polar surface area (TPSA) is 71.3 Å². The lowest BCUT2D eigenvalue weighted by Crippen LogP contribution is -2.30. The first kappa shape index (κ1) is 17.2. The van der Waals surface area contributed by atoms with Crippen LogP contribution in [0.5, 0.6) is 0 Å². The van der Waals surface area contributed by atoms with E-state index in [-0.39, 0.29) is 11.5 Å². The average Bonchev–Trinajstić information content (AvgIpc) is 2.47. The van der Waals surface area contributed by atoms with Crippen molar-refractivity contribution in [2.24, 2.45) is 0 Å². The number of carbonyl (C=O) groups excluding carboxylic acids is 1. The number of amides is 1. The molecule has 1 N–H and O–H groups in total. The fraction of sp³-hybridized carbons (Fsp3) is 0.500. The van der Waals surface area contributed by atoms with Gasteiger partial charge in [0.25, 0.3) is 5.91 Å². The third-order valence-electron chi connectivity index (χ3n) is 3.28. The van der Waals surface area contributed by atoms with Crippen LogP contribution >= 0.6 is 0 Å². The number of ether oxygens (including phenoxy) is 2. The van der Waals surface area contributed by atoms with Crippen molar-refractivity contribution >= 4 is 11.6 Å². The molecule has 0 bridgehead atoms. The van der Waals surface area contributed by atoms with Gasteiger partial charge >= 0.3 is 0 Å². The summed E-state index contributed by atoms with van der Waals surface area (Å²) in [5.74, 6) is -0.213. The van der Waals surface area contributed by atoms with Crippen LogP contribution in [-0.4, -0.2) is 31.3 Å². The van der Waals surface area contributed by atoms with Crippen LogP contribution in [0.4, 0.5) is 5.69 Å². The minimum atomic E-state index is -0.548. The number of nitrogens with zero attached hydrogens (tertiary/aromatic N) is 1. The number of nitriles is 1. The van der Waals surface area contributed by atoms with Crippen LogP contribution in [-0.2, 0) is 14.3 Å². The Hall–Kier alpha value is -1.90. The number of hydrogen-bond acceptors (Lipinski definition) is 4. The first-order chi connectivity index (χ1) is 9.88. The van der Waals surface area contributed by atoms with Gasteiger partial charge in [-0.15, -0.1) is 0 Å². The van der Waals surface area contributed by atoms with Gasteiger partial charge in [0.2, 0.25) is 0 Å². The van der Waals surface area contributed by atoms with Gasteiger partial charge in [-0.05, 0) is 51.5 Å². The number of anilines is 1. The van der Waals surface area contributed by atoms with E-state index in [2.05, 4.69) is 5.32 Å². The maximum atomic E-state index is 12.0. The van der Waals surface area contributed by atoms with Crippen molar-refractivity contribution in [3.05, 3.63) is 29.8 Å². The summed E-state index contributed by atoms with van der Waals surface area (Å²) in [6.45, 7) is 6.09. The molecule has 114 valence electrons. The van der Waals surface area contributed by atoms with Gasteiger partial charge in [0.1, 0.15) is 6.10 Å². The summed E-state index contributed by atoms with van der Waals surface area (Å²) in [5.41, 5.74) is 0.939. The largest absolute Gasteiger partial charge is 0.379 e. The number of rotatable bonds is 7. The minimum Gasteiger partial charge on any atom is -0.379 e. The Bertz CT molecular complexity index is 503. The normalized spacial score (nSPS) is 12.5. The smallest absolute Gasteiger partial charge is 0.253 e. The lowest BCUT2D eigenvalue weighted by Gasteiger charge is -2.23. The highest BCUT2D eigenvalue weighted by atomic mass is 16.5. The second-order valence-electron chi connectivity index (χ2n) is 5.41. The molecule has 5 nitrogen and oxygen atoms in total. The molecule has 0 heterocycles. The van der Waals surface area contributed by atoms with E-state index < -0.39 is 6.10 Å². The SMILES string of the molecule is COC(C)(C)CCOC(C)C(=O)Nc1ccc(C#N)cc1. The fourth-order valence-corrected chi connectivity index (χ4v) is 1.53. The second kappa shape index (κ2) is 7.77. The molecule has 0 aliphatic heterocycles. The summed E-state index contributed by atoms with van der Waals surface area (Å²) in [6.07, 6.45) is 0.158. The van der Waals surface area contributed by atoms with Gasteiger partial charge in [-0.3, -0.25) is 4.79 Å². The molecule has 0 aromatic heterocycles. The first-order valence-corrected chi connectivity index (χ1v) is 6.86. The molecule has 0 aliphatic rings. The molecule has 1 aromatic rings. The van der Waals surface area contributed by atoms with Crippen LogP contribution in [0, 0.1) is 11.3 Å². The zero-order valence-electron chi connectivity index (χ0n) is 13.0. The molecule has 1 rings (SSSR count). The van der Waals surface area contributed by atoms with Crippen LogP contribution in [0.25, 0.3) is 0 Å². The molecule has 0 radical (unpaired) electrons. The summed E-state index contributed by atoms with van der Waals surface area (Å²) >= 11 is 0. The lowest BCUT2D eigenvalue weighted by molar-refractivity contribution is -0.127. The van der Waals surface area contributed by atoms with E-state index in [0.717, 1.165) is 0 Å². The summed E-state index contributed by atoms with van der Waals surface area (Å²) in [4.78, 5) is 12.0. The molecular formula is C16H22N2O3. The van der Waals surface area contributed by atoms with E-state index in [4.69, 9.17) is 14.7 Å². The highest BCUT2D eigenvalue weighted by Crippen LogP contribution is 2.14. The lowest BCUT2D eigenvalue weighted by atomic mass is 10.1. The number of nitrogens with one attached hydrogen (secondary N) is 1. The zero-order valence-corrected chi connectivity index (χ0v) is 13.0. The molecule has 1 atom stereocenters. The molecule has 0 saturated heterocycles. The van der Waals surface area contributed by atoms with Gasteiger partial charge < -0.3 is 14.8 Å². The van der Waals surface area contributed by atoms with E-state index in [1.807, 2.05) is 19.9 Å². The van der Waals surface area contributed by atoms with Crippen molar-refractivity contribution < 1.29 is 14.3 Å². The molecular weight excluding hydrogens is 268 g/mol. The van der Waals surface area contributed by atoms with Gasteiger partial charge in [-0.1, -0.05) is 0 Å². The molecule has 0 saturated carbocycles. The molecule has 0 spiro atoms. The fourth-order valence-electron chi connectivity index (χ4n) is 1.53. The van der Waals surface area contributed by atoms with Crippen molar-refractivity contribution in [3.63, 3.8) is 0 Å². The Morgan fingerprint density at radius 1 is 1.38 bits per heavy atom. The van der Waals surface area contributed by atoms with Gasteiger partial charge in [-0.25, -0.2) is 0 Å². The zero-order chi connectivity index (χ0) is 15.9. The van der Waals surface area contributed by atoms with E-state index in [1.165, 1.54) is 0 Å². The van der Waals surface area contributed by atoms with Crippen molar-refractivity contribution in [1.82, 2.24) is 0 Å². The highest BCUT2D eigenvalue weighted by Gasteiger charge is 2.18. The van der Waals surface area contributed by atoms with Crippen LogP contribution in [0.3, 0.4) is 0 Å². The standard InChI is InChI=1S/C16H22N2O3/c1-12(21-10-9-16(2,3)20-4)15(19)18-14-7-5-13(11-17)6-8-14/h5-8,12H,9-10H2,1-4H3,(H,18,19). The van der Waals surface area contributed by atoms with Gasteiger partial charge in [0.15, 0.2) is 0 Å². The predicted molar refractivity (Wildman–Crippen MR) is 80.9 cm³/mol. The Morgan fingerprint density at radius 2 is 2.00 bits per heavy atom. The molecule has 1 aromatic carbocycles. The summed E-state index contributed by atoms with van der Waals surface area (Å²) in [7, 11) is 1.65. The van der Waals surface area contributed by atoms with E-state index >= 15 is 0 Å². The number of hydrogen-bond donors (Lipinski definition) is 1. The van der Waals surface area contributed by atoms with Crippen LogP contribution in [0.1, 0.15) is 32.8 Å². The highest BCUT2D eigenvalue weighted by molar-refractivity contribution is 5.93. The molecule has 1 unspecified atom stereocenters. The Kier molecular flexibility index (Phi) is 6.35. The third-order valence-corrected chi connectivity index (χ3v) is 3.28. The Labute approximate surface area is 125 Å². The molecule has 1 amide bonds. The quantitative estimate of drug-likeness (QED) is 0.838. The average molecular weight is 290 g/mol. The van der Waals surface area contributed by atoms with Gasteiger partial charge in [0.05, 0.1) is 23.8 Å². The van der Waals surface area contributed by atoms with E-state index in [1.54, 1.807) is 38.3 Å². The monoisotopic (exact) mass is 290 g/mol. The van der Waals surface area contributed by atoms with Crippen LogP contribution < -0.4 is 5.32 Å². The molecule has 0 aliphatic carbocycles. The molecule has 21 heavy (non-hydrogen) atoms. The molecule has 5 heteroatoms. The second-order valence-corrected chi connectivity index (χ2v) is 5.41. The van der Waals surface area contributed by atoms with E-state index in [9.17, 15) is 4.79 Å². The predicted octanol–water partition coefficient (Wildman–Crippen LogP) is 2.72. The number of carbonyl (C=O) groups is 1. The van der Waals surface area contributed by atoms with Gasteiger partial charge in [0, 0.05) is 12.8 Å². The van der Waals surface area contributed by atoms with Crippen LogP contribution in [0.15, 0.2) is 24.3 Å². The summed E-state index contributed by atoms with van der Waals surface area (Å²) in [5, 5.41) is 11.5. The van der Waals surface area contributed by atoms with E-state index in [0.29, 0.717) is 24.3 Å². The van der Waals surface area contributed by atoms with Crippen LogP contribution in [0.2, 0.25) is 0 Å².